The zero-order valence-corrected chi connectivity index (χ0v) is 15.8. The maximum absolute atomic E-state index is 12.6. The lowest BCUT2D eigenvalue weighted by atomic mass is 10.2. The highest BCUT2D eigenvalue weighted by Crippen LogP contribution is 2.30. The third kappa shape index (κ3) is 3.70. The van der Waals surface area contributed by atoms with Gasteiger partial charge in [-0.2, -0.15) is 0 Å². The molecule has 1 aromatic carbocycles. The summed E-state index contributed by atoms with van der Waals surface area (Å²) in [5.41, 5.74) is 1.81. The number of carbonyl (C=O) groups is 1. The summed E-state index contributed by atoms with van der Waals surface area (Å²) in [6.07, 6.45) is 0.705. The Bertz CT molecular complexity index is 879. The van der Waals surface area contributed by atoms with Crippen LogP contribution in [0.15, 0.2) is 40.6 Å². The topological polar surface area (TPSA) is 83.7 Å². The Hall–Kier alpha value is -1.90. The van der Waals surface area contributed by atoms with Crippen LogP contribution < -0.4 is 10.0 Å². The van der Waals surface area contributed by atoms with Crippen molar-refractivity contribution in [2.75, 3.05) is 25.0 Å². The van der Waals surface area contributed by atoms with E-state index in [-0.39, 0.29) is 23.4 Å². The van der Waals surface area contributed by atoms with Crippen LogP contribution in [0, 0.1) is 0 Å². The Labute approximate surface area is 151 Å². The third-order valence-electron chi connectivity index (χ3n) is 4.63. The summed E-state index contributed by atoms with van der Waals surface area (Å²) in [6, 6.07) is 8.87. The highest BCUT2D eigenvalue weighted by Gasteiger charge is 2.26. The van der Waals surface area contributed by atoms with Crippen LogP contribution in [0.3, 0.4) is 0 Å². The second-order valence-electron chi connectivity index (χ2n) is 6.20. The number of fused-ring (bicyclic) bond motifs is 1. The van der Waals surface area contributed by atoms with E-state index in [1.807, 2.05) is 36.4 Å². The standard InChI is InChI=1S/C17H21N3O3S2/c1-12(16-4-3-9-24-16)19(2)17(21)11-20-8-7-13-10-14(25(18,22)23)5-6-15(13)20/h3-6,9-10,12H,7-8,11H2,1-2H3,(H2,18,22,23). The molecule has 6 nitrogen and oxygen atoms in total. The molecule has 2 heterocycles. The zero-order valence-electron chi connectivity index (χ0n) is 14.2. The van der Waals surface area contributed by atoms with Crippen LogP contribution in [0.25, 0.3) is 0 Å². The molecular formula is C17H21N3O3S2. The van der Waals surface area contributed by atoms with Gasteiger partial charge in [-0.15, -0.1) is 11.3 Å². The largest absolute Gasteiger partial charge is 0.362 e. The number of amides is 1. The number of hydrogen-bond donors (Lipinski definition) is 1. The van der Waals surface area contributed by atoms with Crippen molar-refractivity contribution >= 4 is 33.0 Å². The van der Waals surface area contributed by atoms with Crippen molar-refractivity contribution in [2.45, 2.75) is 24.3 Å². The van der Waals surface area contributed by atoms with Crippen LogP contribution in [0.2, 0.25) is 0 Å². The summed E-state index contributed by atoms with van der Waals surface area (Å²) >= 11 is 1.64. The van der Waals surface area contributed by atoms with Gasteiger partial charge in [-0.05, 0) is 48.6 Å². The molecule has 2 N–H and O–H groups in total. The molecule has 1 amide bonds. The summed E-state index contributed by atoms with van der Waals surface area (Å²) in [6.45, 7) is 2.98. The molecule has 134 valence electrons. The van der Waals surface area contributed by atoms with E-state index in [1.54, 1.807) is 28.4 Å². The van der Waals surface area contributed by atoms with E-state index in [0.717, 1.165) is 16.1 Å². The molecule has 1 unspecified atom stereocenters. The van der Waals surface area contributed by atoms with Crippen molar-refractivity contribution in [1.29, 1.82) is 0 Å². The molecule has 0 radical (unpaired) electrons. The number of nitrogens with two attached hydrogens (primary N) is 1. The van der Waals surface area contributed by atoms with E-state index in [4.69, 9.17) is 5.14 Å². The van der Waals surface area contributed by atoms with Crippen molar-refractivity contribution < 1.29 is 13.2 Å². The van der Waals surface area contributed by atoms with Crippen molar-refractivity contribution in [3.8, 4) is 0 Å². The van der Waals surface area contributed by atoms with Crippen LogP contribution >= 0.6 is 11.3 Å². The Morgan fingerprint density at radius 2 is 2.16 bits per heavy atom. The monoisotopic (exact) mass is 379 g/mol. The van der Waals surface area contributed by atoms with Gasteiger partial charge in [0, 0.05) is 24.2 Å². The molecule has 1 aromatic heterocycles. The van der Waals surface area contributed by atoms with Gasteiger partial charge in [0.15, 0.2) is 0 Å². The van der Waals surface area contributed by atoms with Crippen molar-refractivity contribution in [3.05, 3.63) is 46.2 Å². The maximum atomic E-state index is 12.6. The number of thiophene rings is 1. The predicted octanol–water partition coefficient (Wildman–Crippen LogP) is 1.98. The van der Waals surface area contributed by atoms with Gasteiger partial charge in [-0.1, -0.05) is 6.07 Å². The molecule has 0 saturated heterocycles. The minimum Gasteiger partial charge on any atom is -0.362 e. The van der Waals surface area contributed by atoms with E-state index in [9.17, 15) is 13.2 Å². The Morgan fingerprint density at radius 3 is 2.80 bits per heavy atom. The first-order valence-corrected chi connectivity index (χ1v) is 10.4. The summed E-state index contributed by atoms with van der Waals surface area (Å²) < 4.78 is 22.9. The summed E-state index contributed by atoms with van der Waals surface area (Å²) in [4.78, 5) is 17.6. The Morgan fingerprint density at radius 1 is 1.40 bits per heavy atom. The summed E-state index contributed by atoms with van der Waals surface area (Å²) in [7, 11) is -1.89. The third-order valence-corrected chi connectivity index (χ3v) is 6.58. The molecule has 0 saturated carbocycles. The van der Waals surface area contributed by atoms with Gasteiger partial charge in [-0.25, -0.2) is 13.6 Å². The van der Waals surface area contributed by atoms with Crippen molar-refractivity contribution in [1.82, 2.24) is 4.90 Å². The minimum atomic E-state index is -3.71. The number of nitrogens with zero attached hydrogens (tertiary/aromatic N) is 2. The van der Waals surface area contributed by atoms with Crippen molar-refractivity contribution in [2.24, 2.45) is 5.14 Å². The summed E-state index contributed by atoms with van der Waals surface area (Å²) in [5.74, 6) is 0.0317. The first-order valence-electron chi connectivity index (χ1n) is 7.97. The van der Waals surface area contributed by atoms with Crippen LogP contribution in [0.4, 0.5) is 5.69 Å². The lowest BCUT2D eigenvalue weighted by molar-refractivity contribution is -0.130. The van der Waals surface area contributed by atoms with E-state index in [0.29, 0.717) is 13.0 Å². The molecule has 0 bridgehead atoms. The number of primary sulfonamides is 1. The molecule has 0 fully saturated rings. The van der Waals surface area contributed by atoms with Gasteiger partial charge in [0.05, 0.1) is 17.5 Å². The smallest absolute Gasteiger partial charge is 0.242 e. The first-order chi connectivity index (χ1) is 11.8. The van der Waals surface area contributed by atoms with E-state index in [1.165, 1.54) is 6.07 Å². The van der Waals surface area contributed by atoms with Crippen LogP contribution in [-0.4, -0.2) is 39.4 Å². The predicted molar refractivity (Wildman–Crippen MR) is 99.2 cm³/mol. The second kappa shape index (κ2) is 6.78. The normalized spacial score (nSPS) is 15.1. The number of rotatable bonds is 5. The van der Waals surface area contributed by atoms with E-state index in [2.05, 4.69) is 0 Å². The number of carbonyl (C=O) groups excluding carboxylic acids is 1. The molecule has 0 aliphatic carbocycles. The number of likely N-dealkylation sites (N-methyl/N-ethyl adjacent to an activating group) is 1. The molecule has 2 aromatic rings. The number of hydrogen-bond acceptors (Lipinski definition) is 5. The Balaban J connectivity index is 1.72. The molecule has 0 spiro atoms. The molecule has 8 heteroatoms. The minimum absolute atomic E-state index is 0.0272. The lowest BCUT2D eigenvalue weighted by Gasteiger charge is -2.27. The van der Waals surface area contributed by atoms with Gasteiger partial charge < -0.3 is 9.80 Å². The number of anilines is 1. The highest BCUT2D eigenvalue weighted by atomic mass is 32.2. The summed E-state index contributed by atoms with van der Waals surface area (Å²) in [5, 5.41) is 7.19. The van der Waals surface area contributed by atoms with Crippen molar-refractivity contribution in [3.63, 3.8) is 0 Å². The van der Waals surface area contributed by atoms with Crippen LogP contribution in [0.1, 0.15) is 23.4 Å². The quantitative estimate of drug-likeness (QED) is 0.861. The first kappa shape index (κ1) is 17.9. The average molecular weight is 380 g/mol. The number of benzene rings is 1. The molecule has 1 aliphatic rings. The van der Waals surface area contributed by atoms with Crippen LogP contribution in [0.5, 0.6) is 0 Å². The highest BCUT2D eigenvalue weighted by molar-refractivity contribution is 7.89. The average Bonchev–Trinajstić information content (AvgIpc) is 3.22. The molecular weight excluding hydrogens is 358 g/mol. The number of sulfonamides is 1. The molecule has 1 aliphatic heterocycles. The fourth-order valence-electron chi connectivity index (χ4n) is 3.00. The second-order valence-corrected chi connectivity index (χ2v) is 8.74. The SMILES string of the molecule is CC(c1cccs1)N(C)C(=O)CN1CCc2cc(S(N)(=O)=O)ccc21. The lowest BCUT2D eigenvalue weighted by Crippen LogP contribution is -2.38. The maximum Gasteiger partial charge on any atom is 0.242 e. The van der Waals surface area contributed by atoms with E-state index < -0.39 is 10.0 Å². The van der Waals surface area contributed by atoms with Gasteiger partial charge in [0.2, 0.25) is 15.9 Å². The zero-order chi connectivity index (χ0) is 18.2. The van der Waals surface area contributed by atoms with Gasteiger partial charge >= 0.3 is 0 Å². The van der Waals surface area contributed by atoms with Gasteiger partial charge in [-0.3, -0.25) is 4.79 Å². The molecule has 1 atom stereocenters. The fraction of sp³-hybridized carbons (Fsp3) is 0.353. The van der Waals surface area contributed by atoms with Gasteiger partial charge in [0.1, 0.15) is 0 Å². The van der Waals surface area contributed by atoms with Gasteiger partial charge in [0.25, 0.3) is 0 Å². The molecule has 3 rings (SSSR count). The fourth-order valence-corrected chi connectivity index (χ4v) is 4.39. The molecule has 25 heavy (non-hydrogen) atoms. The van der Waals surface area contributed by atoms with Crippen LogP contribution in [-0.2, 0) is 21.2 Å². The Kier molecular flexibility index (Phi) is 4.86. The van der Waals surface area contributed by atoms with E-state index >= 15 is 0 Å².